The second-order valence-corrected chi connectivity index (χ2v) is 6.72. The van der Waals surface area contributed by atoms with Gasteiger partial charge in [0.05, 0.1) is 30.0 Å². The quantitative estimate of drug-likeness (QED) is 0.374. The van der Waals surface area contributed by atoms with Gasteiger partial charge in [0, 0.05) is 7.11 Å². The lowest BCUT2D eigenvalue weighted by molar-refractivity contribution is -0.121. The minimum Gasteiger partial charge on any atom is -0.502 e. The Balaban J connectivity index is 1.77. The lowest BCUT2D eigenvalue weighted by Crippen LogP contribution is -2.31. The Kier molecular flexibility index (Phi) is 7.04. The van der Waals surface area contributed by atoms with E-state index in [9.17, 15) is 19.5 Å². The topological polar surface area (TPSA) is 102 Å². The molecule has 1 aliphatic heterocycles. The van der Waals surface area contributed by atoms with Crippen LogP contribution in [0.25, 0.3) is 5.57 Å². The summed E-state index contributed by atoms with van der Waals surface area (Å²) < 4.78 is 15.4. The summed E-state index contributed by atoms with van der Waals surface area (Å²) in [7, 11) is 1.50. The molecule has 0 atom stereocenters. The van der Waals surface area contributed by atoms with Crippen molar-refractivity contribution >= 4 is 29.0 Å². The molecule has 0 spiro atoms. The van der Waals surface area contributed by atoms with Gasteiger partial charge in [-0.2, -0.15) is 0 Å². The first kappa shape index (κ1) is 22.0. The van der Waals surface area contributed by atoms with Crippen LogP contribution in [0.1, 0.15) is 29.3 Å². The number of carbonyl (C=O) groups excluding carboxylic acids is 3. The van der Waals surface area contributed by atoms with Crippen molar-refractivity contribution in [3.63, 3.8) is 0 Å². The standard InChI is InChI=1S/C23H23NO7/c1-3-12-30-18-10-6-15(7-11-18)19-20(25)22(27)24(21(19)26)17-8-4-16(5-9-17)23(28)31-14-13-29-2/h4-11,25H,3,12-14H2,1-2H3. The highest BCUT2D eigenvalue weighted by Gasteiger charge is 2.40. The smallest absolute Gasteiger partial charge is 0.338 e. The van der Waals surface area contributed by atoms with Crippen molar-refractivity contribution in [2.45, 2.75) is 13.3 Å². The van der Waals surface area contributed by atoms with Crippen molar-refractivity contribution in [2.75, 3.05) is 31.8 Å². The number of rotatable bonds is 9. The highest BCUT2D eigenvalue weighted by molar-refractivity contribution is 6.44. The Hall–Kier alpha value is -3.65. The van der Waals surface area contributed by atoms with Gasteiger partial charge in [0.2, 0.25) is 0 Å². The summed E-state index contributed by atoms with van der Waals surface area (Å²) in [4.78, 5) is 38.3. The molecule has 0 unspecified atom stereocenters. The number of aliphatic hydroxyl groups excluding tert-OH is 1. The van der Waals surface area contributed by atoms with Gasteiger partial charge in [0.1, 0.15) is 12.4 Å². The number of anilines is 1. The molecule has 0 radical (unpaired) electrons. The number of benzene rings is 2. The van der Waals surface area contributed by atoms with Gasteiger partial charge in [-0.05, 0) is 48.4 Å². The summed E-state index contributed by atoms with van der Waals surface area (Å²) >= 11 is 0. The van der Waals surface area contributed by atoms with Gasteiger partial charge in [-0.15, -0.1) is 0 Å². The molecule has 8 heteroatoms. The van der Waals surface area contributed by atoms with E-state index in [1.165, 1.54) is 31.4 Å². The van der Waals surface area contributed by atoms with Gasteiger partial charge < -0.3 is 19.3 Å². The molecule has 0 fully saturated rings. The first-order valence-corrected chi connectivity index (χ1v) is 9.79. The van der Waals surface area contributed by atoms with Gasteiger partial charge in [-0.3, -0.25) is 9.59 Å². The zero-order valence-electron chi connectivity index (χ0n) is 17.3. The highest BCUT2D eigenvalue weighted by Crippen LogP contribution is 2.32. The number of hydrogen-bond donors (Lipinski definition) is 1. The molecule has 8 nitrogen and oxygen atoms in total. The Morgan fingerprint density at radius 2 is 1.61 bits per heavy atom. The SMILES string of the molecule is CCCOc1ccc(C2=C(O)C(=O)N(c3ccc(C(=O)OCCOC)cc3)C2=O)cc1. The van der Waals surface area contributed by atoms with E-state index < -0.39 is 23.5 Å². The van der Waals surface area contributed by atoms with E-state index in [2.05, 4.69) is 0 Å². The number of carbonyl (C=O) groups is 3. The lowest BCUT2D eigenvalue weighted by atomic mass is 10.1. The van der Waals surface area contributed by atoms with Crippen molar-refractivity contribution in [3.8, 4) is 5.75 Å². The molecule has 2 amide bonds. The fraction of sp³-hybridized carbons (Fsp3) is 0.261. The minimum atomic E-state index is -0.832. The van der Waals surface area contributed by atoms with Crippen LogP contribution in [0.5, 0.6) is 5.75 Å². The van der Waals surface area contributed by atoms with Crippen LogP contribution in [0.3, 0.4) is 0 Å². The van der Waals surface area contributed by atoms with Crippen molar-refractivity contribution in [2.24, 2.45) is 0 Å². The van der Waals surface area contributed by atoms with Gasteiger partial charge in [-0.1, -0.05) is 19.1 Å². The van der Waals surface area contributed by atoms with Crippen LogP contribution >= 0.6 is 0 Å². The molecule has 0 saturated heterocycles. The molecular weight excluding hydrogens is 402 g/mol. The van der Waals surface area contributed by atoms with Crippen LogP contribution in [0.2, 0.25) is 0 Å². The van der Waals surface area contributed by atoms with Gasteiger partial charge in [-0.25, -0.2) is 9.69 Å². The number of nitrogens with zero attached hydrogens (tertiary/aromatic N) is 1. The van der Waals surface area contributed by atoms with Crippen molar-refractivity contribution in [1.82, 2.24) is 0 Å². The number of aliphatic hydroxyl groups is 1. The molecule has 1 N–H and O–H groups in total. The molecule has 0 bridgehead atoms. The van der Waals surface area contributed by atoms with Gasteiger partial charge >= 0.3 is 11.9 Å². The van der Waals surface area contributed by atoms with E-state index in [1.807, 2.05) is 6.92 Å². The Labute approximate surface area is 179 Å². The largest absolute Gasteiger partial charge is 0.502 e. The number of hydrogen-bond acceptors (Lipinski definition) is 7. The maximum atomic E-state index is 12.9. The van der Waals surface area contributed by atoms with Crippen molar-refractivity contribution in [3.05, 3.63) is 65.4 Å². The van der Waals surface area contributed by atoms with Crippen LogP contribution in [-0.2, 0) is 19.1 Å². The molecule has 2 aromatic carbocycles. The molecule has 1 heterocycles. The Bertz CT molecular complexity index is 994. The molecular formula is C23H23NO7. The second kappa shape index (κ2) is 9.90. The minimum absolute atomic E-state index is 0.0879. The summed E-state index contributed by atoms with van der Waals surface area (Å²) in [6, 6.07) is 12.4. The first-order chi connectivity index (χ1) is 15.0. The summed E-state index contributed by atoms with van der Waals surface area (Å²) in [6.07, 6.45) is 0.860. The van der Waals surface area contributed by atoms with E-state index >= 15 is 0 Å². The van der Waals surface area contributed by atoms with Crippen molar-refractivity contribution in [1.29, 1.82) is 0 Å². The van der Waals surface area contributed by atoms with Crippen LogP contribution in [0, 0.1) is 0 Å². The van der Waals surface area contributed by atoms with E-state index in [0.717, 1.165) is 11.3 Å². The molecule has 2 aromatic rings. The van der Waals surface area contributed by atoms with Crippen LogP contribution in [0.4, 0.5) is 5.69 Å². The van der Waals surface area contributed by atoms with Crippen LogP contribution in [-0.4, -0.2) is 49.8 Å². The maximum Gasteiger partial charge on any atom is 0.338 e. The fourth-order valence-corrected chi connectivity index (χ4v) is 3.00. The molecule has 1 aliphatic rings. The predicted octanol–water partition coefficient (Wildman–Crippen LogP) is 3.12. The molecule has 0 aromatic heterocycles. The number of methoxy groups -OCH3 is 1. The zero-order valence-corrected chi connectivity index (χ0v) is 17.3. The van der Waals surface area contributed by atoms with E-state index in [-0.39, 0.29) is 30.0 Å². The zero-order chi connectivity index (χ0) is 22.4. The van der Waals surface area contributed by atoms with Gasteiger partial charge in [0.25, 0.3) is 5.91 Å². The molecule has 162 valence electrons. The molecule has 31 heavy (non-hydrogen) atoms. The fourth-order valence-electron chi connectivity index (χ4n) is 3.00. The Morgan fingerprint density at radius 3 is 2.23 bits per heavy atom. The second-order valence-electron chi connectivity index (χ2n) is 6.72. The third kappa shape index (κ3) is 4.75. The number of ether oxygens (including phenoxy) is 3. The Morgan fingerprint density at radius 1 is 0.935 bits per heavy atom. The third-order valence-electron chi connectivity index (χ3n) is 4.56. The summed E-state index contributed by atoms with van der Waals surface area (Å²) in [6.45, 7) is 2.95. The van der Waals surface area contributed by atoms with Crippen LogP contribution in [0.15, 0.2) is 54.3 Å². The first-order valence-electron chi connectivity index (χ1n) is 9.79. The normalized spacial score (nSPS) is 13.7. The van der Waals surface area contributed by atoms with E-state index in [1.54, 1.807) is 24.3 Å². The number of amides is 2. The van der Waals surface area contributed by atoms with Gasteiger partial charge in [0.15, 0.2) is 5.76 Å². The van der Waals surface area contributed by atoms with E-state index in [4.69, 9.17) is 14.2 Å². The molecule has 3 rings (SSSR count). The highest BCUT2D eigenvalue weighted by atomic mass is 16.6. The molecule has 0 aliphatic carbocycles. The number of imide groups is 1. The van der Waals surface area contributed by atoms with Crippen molar-refractivity contribution < 1.29 is 33.7 Å². The van der Waals surface area contributed by atoms with Crippen LogP contribution < -0.4 is 9.64 Å². The summed E-state index contributed by atoms with van der Waals surface area (Å²) in [5.41, 5.74) is 0.808. The molecule has 0 saturated carbocycles. The average Bonchev–Trinajstić information content (AvgIpc) is 3.01. The van der Waals surface area contributed by atoms with E-state index in [0.29, 0.717) is 17.9 Å². The predicted molar refractivity (Wildman–Crippen MR) is 113 cm³/mol. The summed E-state index contributed by atoms with van der Waals surface area (Å²) in [5.74, 6) is -2.03. The monoisotopic (exact) mass is 425 g/mol. The summed E-state index contributed by atoms with van der Waals surface area (Å²) in [5, 5.41) is 10.3. The number of esters is 1. The lowest BCUT2D eigenvalue weighted by Gasteiger charge is -2.15. The maximum absolute atomic E-state index is 12.9. The average molecular weight is 425 g/mol. The third-order valence-corrected chi connectivity index (χ3v) is 4.56.